The van der Waals surface area contributed by atoms with Crippen LogP contribution in [0.4, 0.5) is 57.9 Å². The zero-order chi connectivity index (χ0) is 79.0. The predicted molar refractivity (Wildman–Crippen MR) is 420 cm³/mol. The summed E-state index contributed by atoms with van der Waals surface area (Å²) in [4.78, 5) is 74.4. The van der Waals surface area contributed by atoms with Gasteiger partial charge in [0.2, 0.25) is 0 Å². The number of carbonyl (C=O) groups is 6. The molecule has 580 valence electrons. The summed E-state index contributed by atoms with van der Waals surface area (Å²) in [5.74, 6) is -8.57. The molecule has 0 heterocycles. The molecule has 3 aliphatic carbocycles. The molecule has 8 aromatic rings. The predicted octanol–water partition coefficient (Wildman–Crippen LogP) is 23.4. The van der Waals surface area contributed by atoms with Crippen molar-refractivity contribution in [2.24, 2.45) is 11.8 Å². The van der Waals surface area contributed by atoms with Gasteiger partial charge in [-0.05, 0) is 235 Å². The Kier molecular flexibility index (Phi) is 33.9. The fourth-order valence-electron chi connectivity index (χ4n) is 12.1. The fourth-order valence-corrected chi connectivity index (χ4v) is 17.6. The number of aliphatic hydroxyl groups excluding tert-OH is 1. The number of carbonyl (C=O) groups excluding carboxylic acids is 4. The maximum absolute atomic E-state index is 14.2. The van der Waals surface area contributed by atoms with Gasteiger partial charge in [-0.25, -0.2) is 35.1 Å². The molecule has 11 rings (SSSR count). The molecule has 2 atom stereocenters. The highest BCUT2D eigenvalue weighted by Gasteiger charge is 2.28. The monoisotopic (exact) mass is 1640 g/mol. The van der Waals surface area contributed by atoms with Crippen molar-refractivity contribution in [3.05, 3.63) is 235 Å². The second kappa shape index (κ2) is 42.6. The third kappa shape index (κ3) is 27.6. The number of thioether (sulfide) groups is 4. The van der Waals surface area contributed by atoms with Crippen molar-refractivity contribution in [1.82, 2.24) is 0 Å². The number of halogens is 11. The standard InChI is InChI=1S/C22H23ClFNO3S.C22H22F3NO3S.C20H20ClF2NO2S.C17H16ClF2NOS/c1-13-2-5-15(22(28)25-16-6-9-19(24)18(23)12-16)11-20(13)29-17-7-3-14(4-8-17)10-21(26)27;1-12-2-5-14(22(29)26-15-10-17(23)21(25)18(24)11-15)9-19(12)30-16-6-3-13(4-7-16)8-20(27)28;21-16-10-13(6-8-17(16)22)24-20(26)12-5-7-18(23)19(9-12)27-15-4-2-1-3-14(25)11-15;1-2-3-8-23-16-9-11(4-6-15(16)20)17(22)21-12-5-7-14(19)13(18)10-12/h2,5-6,9,11-12,14,17H,3-4,7-8,10H2,1H3,(H,25,28)(H,26,27);2,5,9-11,13,16H,3-4,6-8H2,1H3,(H,26,29)(H,27,28);5-10,14-15,25H,1-4,11H2,(H,24,26);4-7,9-10H,2-3,8H2,1H3,(H,21,22)/t;;14-,15?;/m..1./s1. The molecule has 0 aromatic heterocycles. The minimum Gasteiger partial charge on any atom is -0.481 e. The molecule has 28 heteroatoms. The molecule has 109 heavy (non-hydrogen) atoms. The number of carboxylic acid groups (broad SMARTS) is 2. The van der Waals surface area contributed by atoms with E-state index >= 15 is 0 Å². The number of amides is 4. The molecule has 8 aromatic carbocycles. The number of aryl methyl sites for hydroxylation is 2. The van der Waals surface area contributed by atoms with E-state index in [1.165, 1.54) is 115 Å². The molecule has 0 spiro atoms. The first kappa shape index (κ1) is 86.8. The second-order valence-corrected chi connectivity index (χ2v) is 32.9. The molecule has 0 aliphatic heterocycles. The van der Waals surface area contributed by atoms with Gasteiger partial charge in [0.1, 0.15) is 29.1 Å². The first-order valence-electron chi connectivity index (χ1n) is 35.3. The van der Waals surface area contributed by atoms with E-state index in [1.54, 1.807) is 47.8 Å². The van der Waals surface area contributed by atoms with Gasteiger partial charge in [0.25, 0.3) is 23.6 Å². The van der Waals surface area contributed by atoms with Crippen molar-refractivity contribution in [2.75, 3.05) is 27.0 Å². The third-order valence-electron chi connectivity index (χ3n) is 18.1. The smallest absolute Gasteiger partial charge is 0.303 e. The summed E-state index contributed by atoms with van der Waals surface area (Å²) < 4.78 is 107. The molecule has 1 unspecified atom stereocenters. The molecule has 3 saturated carbocycles. The van der Waals surface area contributed by atoms with Crippen LogP contribution in [-0.2, 0) is 9.59 Å². The van der Waals surface area contributed by atoms with Gasteiger partial charge >= 0.3 is 11.9 Å². The molecule has 0 saturated heterocycles. The van der Waals surface area contributed by atoms with Crippen LogP contribution in [-0.4, -0.2) is 78.5 Å². The molecule has 0 radical (unpaired) electrons. The first-order valence-corrected chi connectivity index (χ1v) is 40.0. The Bertz CT molecular complexity index is 4510. The molecule has 0 bridgehead atoms. The lowest BCUT2D eigenvalue weighted by atomic mass is 9.87. The van der Waals surface area contributed by atoms with Crippen LogP contribution in [0, 0.1) is 72.2 Å². The van der Waals surface area contributed by atoms with Gasteiger partial charge in [0, 0.05) is 105 Å². The van der Waals surface area contributed by atoms with E-state index in [9.17, 15) is 69.0 Å². The average molecular weight is 1640 g/mol. The highest BCUT2D eigenvalue weighted by atomic mass is 35.5. The molecular weight excluding hydrogens is 1560 g/mol. The van der Waals surface area contributed by atoms with E-state index in [-0.39, 0.29) is 74.3 Å². The number of aliphatic hydroxyl groups is 1. The van der Waals surface area contributed by atoms with Crippen molar-refractivity contribution in [3.8, 4) is 0 Å². The summed E-state index contributed by atoms with van der Waals surface area (Å²) in [6.45, 7) is 6.01. The van der Waals surface area contributed by atoms with E-state index in [2.05, 4.69) is 28.2 Å². The third-order valence-corrected chi connectivity index (χ3v) is 24.4. The molecular formula is C81H81Cl3F8N4O9S4. The average Bonchev–Trinajstić information content (AvgIpc) is 1.28. The van der Waals surface area contributed by atoms with Crippen LogP contribution < -0.4 is 21.3 Å². The summed E-state index contributed by atoms with van der Waals surface area (Å²) in [7, 11) is 0. The number of benzene rings is 8. The highest BCUT2D eigenvalue weighted by Crippen LogP contribution is 2.42. The van der Waals surface area contributed by atoms with Crippen LogP contribution in [0.1, 0.15) is 169 Å². The zero-order valence-corrected chi connectivity index (χ0v) is 65.1. The number of carboxylic acids is 2. The fraction of sp³-hybridized carbons (Fsp3) is 0.333. The van der Waals surface area contributed by atoms with Crippen molar-refractivity contribution >= 4 is 140 Å². The Hall–Kier alpha value is -7.75. The van der Waals surface area contributed by atoms with Crippen LogP contribution in [0.25, 0.3) is 0 Å². The first-order chi connectivity index (χ1) is 52.0. The van der Waals surface area contributed by atoms with Gasteiger partial charge in [-0.1, -0.05) is 73.1 Å². The summed E-state index contributed by atoms with van der Waals surface area (Å²) in [6, 6.07) is 32.5. The molecule has 3 aliphatic rings. The van der Waals surface area contributed by atoms with E-state index in [0.717, 1.165) is 129 Å². The van der Waals surface area contributed by atoms with Crippen LogP contribution in [0.3, 0.4) is 0 Å². The van der Waals surface area contributed by atoms with Crippen molar-refractivity contribution in [2.45, 2.75) is 171 Å². The zero-order valence-electron chi connectivity index (χ0n) is 59.6. The van der Waals surface area contributed by atoms with Crippen LogP contribution in [0.15, 0.2) is 159 Å². The van der Waals surface area contributed by atoms with Gasteiger partial charge in [0.05, 0.1) is 21.2 Å². The van der Waals surface area contributed by atoms with Crippen LogP contribution in [0.2, 0.25) is 15.1 Å². The molecule has 3 fully saturated rings. The summed E-state index contributed by atoms with van der Waals surface area (Å²) in [5.41, 5.74) is 4.61. The minimum absolute atomic E-state index is 0.0403. The molecule has 7 N–H and O–H groups in total. The Balaban J connectivity index is 0.000000184. The van der Waals surface area contributed by atoms with Crippen molar-refractivity contribution < 1.29 is 79.2 Å². The molecule has 13 nitrogen and oxygen atoms in total. The maximum atomic E-state index is 14.2. The lowest BCUT2D eigenvalue weighted by Gasteiger charge is -2.27. The topological polar surface area (TPSA) is 211 Å². The number of unbranched alkanes of at least 4 members (excludes halogenated alkanes) is 1. The summed E-state index contributed by atoms with van der Waals surface area (Å²) >= 11 is 23.3. The Labute approximate surface area is 659 Å². The number of anilines is 4. The van der Waals surface area contributed by atoms with E-state index in [0.29, 0.717) is 66.0 Å². The SMILES string of the molecule is CCCCSc1cc(C(=O)Nc2ccc(F)c(Cl)c2)ccc1F.Cc1ccc(C(=O)Nc2cc(F)c(F)c(F)c2)cc1SC1CCC(CC(=O)O)CC1.Cc1ccc(C(=O)Nc2ccc(F)c(Cl)c2)cc1SC1CCC(CC(=O)O)CC1.O=C(Nc1ccc(F)c(Cl)c1)c1ccc(F)c(SC2CCCC[C@@H](O)C2)c1. The van der Waals surface area contributed by atoms with Crippen molar-refractivity contribution in [3.63, 3.8) is 0 Å². The Morgan fingerprint density at radius 3 is 1.15 bits per heavy atom. The number of nitrogens with one attached hydrogen (secondary N) is 4. The van der Waals surface area contributed by atoms with E-state index in [4.69, 9.17) is 45.0 Å². The number of hydrogen-bond donors (Lipinski definition) is 7. The molecule has 4 amide bonds. The quantitative estimate of drug-likeness (QED) is 0.0111. The van der Waals surface area contributed by atoms with Gasteiger partial charge < -0.3 is 36.6 Å². The summed E-state index contributed by atoms with van der Waals surface area (Å²) in [5, 5.41) is 38.9. The second-order valence-electron chi connectivity index (χ2n) is 26.5. The van der Waals surface area contributed by atoms with Gasteiger partial charge in [0.15, 0.2) is 17.5 Å². The van der Waals surface area contributed by atoms with Crippen LogP contribution >= 0.6 is 81.9 Å². The maximum Gasteiger partial charge on any atom is 0.303 e. The summed E-state index contributed by atoms with van der Waals surface area (Å²) in [6.07, 6.45) is 13.7. The minimum atomic E-state index is -1.58. The highest BCUT2D eigenvalue weighted by molar-refractivity contribution is 8.00. The number of rotatable bonds is 22. The lowest BCUT2D eigenvalue weighted by Crippen LogP contribution is -2.18. The Morgan fingerprint density at radius 2 is 0.752 bits per heavy atom. The van der Waals surface area contributed by atoms with Gasteiger partial charge in [-0.15, -0.1) is 47.0 Å². The normalized spacial score (nSPS) is 17.5. The van der Waals surface area contributed by atoms with Gasteiger partial charge in [-0.3, -0.25) is 28.8 Å². The lowest BCUT2D eigenvalue weighted by molar-refractivity contribution is -0.139. The van der Waals surface area contributed by atoms with Crippen molar-refractivity contribution in [1.29, 1.82) is 0 Å². The number of hydrogen-bond acceptors (Lipinski definition) is 11. The Morgan fingerprint density at radius 1 is 0.404 bits per heavy atom. The van der Waals surface area contributed by atoms with E-state index < -0.39 is 64.6 Å². The number of aliphatic carboxylic acids is 2. The van der Waals surface area contributed by atoms with E-state index in [1.807, 2.05) is 26.0 Å². The van der Waals surface area contributed by atoms with Crippen LogP contribution in [0.5, 0.6) is 0 Å². The largest absolute Gasteiger partial charge is 0.481 e. The van der Waals surface area contributed by atoms with Gasteiger partial charge in [-0.2, -0.15) is 0 Å².